The first-order valence-corrected chi connectivity index (χ1v) is 45.1. The van der Waals surface area contributed by atoms with Crippen LogP contribution in [0.25, 0.3) is 65.0 Å². The second kappa shape index (κ2) is 84.9. The maximum Gasteiger partial charge on any atom is 0.0267 e. The van der Waals surface area contributed by atoms with Crippen LogP contribution in [0, 0.1) is 11.8 Å². The smallest absolute Gasteiger partial charge is 0.0267 e. The van der Waals surface area contributed by atoms with E-state index < -0.39 is 0 Å². The lowest BCUT2D eigenvalue weighted by atomic mass is 9.65. The molecule has 17 rings (SSSR count). The number of hydrogen-bond donors (Lipinski definition) is 0. The minimum absolute atomic E-state index is 0.160. The molecule has 5 aliphatic carbocycles. The number of hydrogen-bond acceptors (Lipinski definition) is 1. The van der Waals surface area contributed by atoms with Crippen LogP contribution >= 0.6 is 0 Å². The van der Waals surface area contributed by atoms with E-state index in [1.165, 1.54) is 98.4 Å². The molecule has 1 aromatic heterocycles. The highest BCUT2D eigenvalue weighted by atomic mass is 14.6. The Morgan fingerprint density at radius 2 is 0.417 bits per heavy atom. The van der Waals surface area contributed by atoms with Crippen molar-refractivity contribution in [3.05, 3.63) is 380 Å². The minimum atomic E-state index is 0.160. The second-order valence-corrected chi connectivity index (χ2v) is 21.0. The predicted octanol–water partition coefficient (Wildman–Crippen LogP) is 38.7. The molecule has 628 valence electrons. The van der Waals surface area contributed by atoms with Gasteiger partial charge in [-0.2, -0.15) is 0 Å². The molecule has 2 atom stereocenters. The van der Waals surface area contributed by atoms with Gasteiger partial charge >= 0.3 is 0 Å². The van der Waals surface area contributed by atoms with E-state index in [9.17, 15) is 0 Å². The average Bonchev–Trinajstić information content (AvgIpc) is 1.64. The largest absolute Gasteiger partial charge is 0.265 e. The van der Waals surface area contributed by atoms with Gasteiger partial charge in [-0.15, -0.1) is 0 Å². The summed E-state index contributed by atoms with van der Waals surface area (Å²) in [5, 5.41) is 13.2. The predicted molar refractivity (Wildman–Crippen MR) is 541 cm³/mol. The van der Waals surface area contributed by atoms with Crippen molar-refractivity contribution in [2.45, 2.75) is 255 Å². The highest BCUT2D eigenvalue weighted by Gasteiger charge is 2.37. The molecular formula is C114H167N. The number of rotatable bonds is 0. The lowest BCUT2D eigenvalue weighted by molar-refractivity contribution is 0.564. The summed E-state index contributed by atoms with van der Waals surface area (Å²) in [5.74, 6) is 1.12. The molecule has 0 radical (unpaired) electrons. The molecule has 0 spiro atoms. The van der Waals surface area contributed by atoms with E-state index in [0.717, 1.165) is 0 Å². The van der Waals surface area contributed by atoms with E-state index in [1.54, 1.807) is 12.4 Å². The highest BCUT2D eigenvalue weighted by molar-refractivity contribution is 6.07. The lowest BCUT2D eigenvalue weighted by Gasteiger charge is -2.39. The van der Waals surface area contributed by atoms with Crippen molar-refractivity contribution >= 4 is 53.9 Å². The Labute approximate surface area is 711 Å². The Hall–Kier alpha value is -9.95. The van der Waals surface area contributed by atoms with Crippen LogP contribution in [-0.2, 0) is 5.41 Å². The molecule has 0 amide bonds. The second-order valence-electron chi connectivity index (χ2n) is 21.0. The van der Waals surface area contributed by atoms with Crippen molar-refractivity contribution in [3.8, 4) is 11.1 Å². The van der Waals surface area contributed by atoms with Gasteiger partial charge in [0.05, 0.1) is 0 Å². The van der Waals surface area contributed by atoms with E-state index in [4.69, 9.17) is 0 Å². The first-order valence-electron chi connectivity index (χ1n) is 45.1. The number of nitrogens with zero attached hydrogens (tertiary/aromatic N) is 1. The zero-order valence-corrected chi connectivity index (χ0v) is 80.0. The Bertz CT molecular complexity index is 3890. The van der Waals surface area contributed by atoms with Crippen LogP contribution in [0.15, 0.2) is 368 Å². The normalized spacial score (nSPS) is 11.8. The van der Waals surface area contributed by atoms with Crippen LogP contribution in [0.2, 0.25) is 0 Å². The molecule has 0 fully saturated rings. The summed E-state index contributed by atoms with van der Waals surface area (Å²) >= 11 is 0. The zero-order valence-electron chi connectivity index (χ0n) is 80.0. The van der Waals surface area contributed by atoms with Gasteiger partial charge in [-0.3, -0.25) is 4.98 Å². The van der Waals surface area contributed by atoms with Gasteiger partial charge in [0, 0.05) is 29.6 Å². The van der Waals surface area contributed by atoms with Crippen molar-refractivity contribution in [3.63, 3.8) is 0 Å². The Morgan fingerprint density at radius 1 is 0.200 bits per heavy atom. The number of fused-ring (bicyclic) bond motifs is 9. The molecule has 0 aliphatic heterocycles. The summed E-state index contributed by atoms with van der Waals surface area (Å²) in [6.45, 7) is 72.6. The minimum Gasteiger partial charge on any atom is -0.265 e. The van der Waals surface area contributed by atoms with Gasteiger partial charge in [0.2, 0.25) is 0 Å². The molecule has 5 aliphatic rings. The fourth-order valence-corrected chi connectivity index (χ4v) is 11.5. The van der Waals surface area contributed by atoms with Crippen molar-refractivity contribution in [1.82, 2.24) is 4.98 Å². The topological polar surface area (TPSA) is 12.9 Å². The van der Waals surface area contributed by atoms with E-state index in [1.807, 2.05) is 290 Å². The van der Waals surface area contributed by atoms with Gasteiger partial charge < -0.3 is 0 Å². The van der Waals surface area contributed by atoms with Crippen LogP contribution in [-0.4, -0.2) is 4.98 Å². The standard InChI is InChI=1S/C16H12.C15H14.2C14H10.C10H8.C6H6.C5H5N.17C2H6/c1-3-11-7-9-13-5-2-6-14-10-8-12(4-1)15(11)16(13)14;1-15(2)13-9-5-3-7-11(13)12-8-4-6-10-14(12)15;1-3-7-13-11(5-1)9-10-12-6-2-4-8-14(12)13;1-2-6-12-10-14-8-4-3-7-13(14)9-11(12)5-1;1-2-6-10-8-4-3-7-9(10)5-1;2*1-2-4-6-5-3-1;17*1-2/h1-10,15-16H;3-10H,1-2H3;2*1-10H;1-8H;1-6H;1-5H;17*1-2H3. The lowest BCUT2D eigenvalue weighted by Crippen LogP contribution is -2.28. The number of allylic oxidation sites excluding steroid dienone is 14. The van der Waals surface area contributed by atoms with Crippen molar-refractivity contribution < 1.29 is 0 Å². The maximum atomic E-state index is 3.78. The first-order chi connectivity index (χ1) is 57.0. The molecule has 12 aromatic rings. The highest BCUT2D eigenvalue weighted by Crippen LogP contribution is 2.49. The van der Waals surface area contributed by atoms with Crippen molar-refractivity contribution in [2.24, 2.45) is 11.8 Å². The van der Waals surface area contributed by atoms with E-state index >= 15 is 0 Å². The Morgan fingerprint density at radius 3 is 0.670 bits per heavy atom. The third kappa shape index (κ3) is 41.8. The molecule has 2 unspecified atom stereocenters. The number of benzene rings is 11. The summed E-state index contributed by atoms with van der Waals surface area (Å²) in [6.07, 6.45) is 25.9. The van der Waals surface area contributed by atoms with Gasteiger partial charge in [-0.05, 0) is 123 Å². The summed E-state index contributed by atoms with van der Waals surface area (Å²) in [6, 6.07) is 94.7. The van der Waals surface area contributed by atoms with Gasteiger partial charge in [0.1, 0.15) is 0 Å². The van der Waals surface area contributed by atoms with Crippen LogP contribution in [0.4, 0.5) is 0 Å². The average molecular weight is 1550 g/mol. The van der Waals surface area contributed by atoms with E-state index in [2.05, 4.69) is 298 Å². The number of pyridine rings is 1. The summed E-state index contributed by atoms with van der Waals surface area (Å²) in [7, 11) is 0. The Balaban J connectivity index is -0.000000226. The maximum absolute atomic E-state index is 3.78. The molecule has 0 N–H and O–H groups in total. The monoisotopic (exact) mass is 1550 g/mol. The molecule has 1 heterocycles. The summed E-state index contributed by atoms with van der Waals surface area (Å²) in [5.41, 5.74) is 11.7. The zero-order chi connectivity index (χ0) is 89.1. The molecule has 11 aromatic carbocycles. The quantitative estimate of drug-likeness (QED) is 0.109. The van der Waals surface area contributed by atoms with E-state index in [0.29, 0.717) is 11.8 Å². The summed E-state index contributed by atoms with van der Waals surface area (Å²) < 4.78 is 0. The van der Waals surface area contributed by atoms with Crippen LogP contribution < -0.4 is 0 Å². The van der Waals surface area contributed by atoms with Gasteiger partial charge in [-0.1, -0.05) is 559 Å². The molecule has 0 bridgehead atoms. The van der Waals surface area contributed by atoms with Gasteiger partial charge in [-0.25, -0.2) is 0 Å². The Kier molecular flexibility index (Phi) is 87.4. The first kappa shape index (κ1) is 118. The molecule has 1 heteroatoms. The van der Waals surface area contributed by atoms with Gasteiger partial charge in [0.25, 0.3) is 0 Å². The molecule has 0 saturated carbocycles. The van der Waals surface area contributed by atoms with E-state index in [-0.39, 0.29) is 5.41 Å². The molecule has 1 nitrogen and oxygen atoms in total. The number of aromatic nitrogens is 1. The van der Waals surface area contributed by atoms with Gasteiger partial charge in [0.15, 0.2) is 0 Å². The van der Waals surface area contributed by atoms with Crippen LogP contribution in [0.5, 0.6) is 0 Å². The third-order valence-corrected chi connectivity index (χ3v) is 15.5. The SMILES string of the molecule is C1=CC2=CC=C3C=CC=C4C=CC(=C1)C2C43.CC.CC.CC.CC.CC.CC.CC.CC.CC.CC.CC.CC.CC.CC.CC.CC.CC.CC1(C)c2ccccc2-c2ccccc21.c1ccc2c(c1)ccc1ccccc12.c1ccc2cc3ccccc3cc2c1.c1ccc2ccccc2c1.c1ccccc1.c1ccncc1. The molecule has 0 saturated heterocycles. The van der Waals surface area contributed by atoms with Crippen LogP contribution in [0.3, 0.4) is 0 Å². The molecular weight excluding hydrogens is 1380 g/mol. The van der Waals surface area contributed by atoms with Crippen LogP contribution in [0.1, 0.15) is 260 Å². The van der Waals surface area contributed by atoms with Crippen molar-refractivity contribution in [1.29, 1.82) is 0 Å². The fraction of sp³-hybridized carbons (Fsp3) is 0.342. The summed E-state index contributed by atoms with van der Waals surface area (Å²) in [4.78, 5) is 3.78. The fourth-order valence-electron chi connectivity index (χ4n) is 11.5. The van der Waals surface area contributed by atoms with Crippen molar-refractivity contribution in [2.75, 3.05) is 0 Å². The molecule has 115 heavy (non-hydrogen) atoms. The third-order valence-electron chi connectivity index (χ3n) is 15.5.